The third kappa shape index (κ3) is 3.17. The Morgan fingerprint density at radius 3 is 2.80 bits per heavy atom. The summed E-state index contributed by atoms with van der Waals surface area (Å²) in [5.74, 6) is 0.996. The van der Waals surface area contributed by atoms with Crippen LogP contribution in [0.2, 0.25) is 0 Å². The number of ether oxygens (including phenoxy) is 3. The van der Waals surface area contributed by atoms with Gasteiger partial charge in [0.2, 0.25) is 5.88 Å². The van der Waals surface area contributed by atoms with Gasteiger partial charge < -0.3 is 19.5 Å². The Morgan fingerprint density at radius 2 is 2.10 bits per heavy atom. The highest BCUT2D eigenvalue weighted by Gasteiger charge is 2.59. The molecule has 3 aliphatic rings. The van der Waals surface area contributed by atoms with Gasteiger partial charge in [0, 0.05) is 35.7 Å². The number of nitrogens with one attached hydrogen (secondary N) is 1. The number of hydrogen-bond donors (Lipinski definition) is 1. The van der Waals surface area contributed by atoms with E-state index in [1.165, 1.54) is 7.11 Å². The molecule has 6 rings (SSSR count). The molecule has 8 nitrogen and oxygen atoms in total. The highest BCUT2D eigenvalue weighted by atomic mass is 16.5. The minimum absolute atomic E-state index is 0.0508. The quantitative estimate of drug-likeness (QED) is 0.674. The summed E-state index contributed by atoms with van der Waals surface area (Å²) >= 11 is 0. The molecule has 0 radical (unpaired) electrons. The van der Waals surface area contributed by atoms with Crippen LogP contribution in [0.25, 0.3) is 10.9 Å². The number of amides is 1. The summed E-state index contributed by atoms with van der Waals surface area (Å²) in [7, 11) is 3.08. The molecule has 2 bridgehead atoms. The van der Waals surface area contributed by atoms with E-state index in [2.05, 4.69) is 17.2 Å². The van der Waals surface area contributed by atoms with E-state index in [4.69, 9.17) is 19.3 Å². The molecule has 1 aromatic carbocycles. The fraction of sp³-hybridized carbons (Fsp3) is 0.409. The lowest BCUT2D eigenvalue weighted by Crippen LogP contribution is -2.44. The molecule has 0 spiro atoms. The van der Waals surface area contributed by atoms with Crippen molar-refractivity contribution in [1.82, 2.24) is 14.8 Å². The van der Waals surface area contributed by atoms with Gasteiger partial charge in [0.1, 0.15) is 11.6 Å². The van der Waals surface area contributed by atoms with Crippen molar-refractivity contribution in [1.29, 1.82) is 0 Å². The number of carbonyl (C=O) groups excluding carboxylic acids is 1. The lowest BCUT2D eigenvalue weighted by atomic mass is 9.63. The van der Waals surface area contributed by atoms with Gasteiger partial charge in [-0.15, -0.1) is 0 Å². The summed E-state index contributed by atoms with van der Waals surface area (Å²) in [5.41, 5.74) is 1.45. The van der Waals surface area contributed by atoms with Crippen LogP contribution in [-0.4, -0.2) is 47.1 Å². The minimum atomic E-state index is -0.306. The number of benzene rings is 1. The first-order valence-electron chi connectivity index (χ1n) is 9.93. The number of hydrogen-bond acceptors (Lipinski definition) is 6. The van der Waals surface area contributed by atoms with Crippen molar-refractivity contribution in [3.05, 3.63) is 42.1 Å². The topological polar surface area (TPSA) is 87.5 Å². The number of methoxy groups -OCH3 is 2. The zero-order valence-corrected chi connectivity index (χ0v) is 17.3. The number of carbonyl (C=O) groups is 1. The van der Waals surface area contributed by atoms with E-state index in [1.807, 2.05) is 10.9 Å². The summed E-state index contributed by atoms with van der Waals surface area (Å²) in [5, 5.41) is 8.39. The second-order valence-electron chi connectivity index (χ2n) is 8.55. The van der Waals surface area contributed by atoms with Crippen molar-refractivity contribution < 1.29 is 19.0 Å². The van der Waals surface area contributed by atoms with Crippen LogP contribution in [0.3, 0.4) is 0 Å². The average molecular weight is 408 g/mol. The molecule has 2 aromatic heterocycles. The van der Waals surface area contributed by atoms with Crippen LogP contribution in [0, 0.1) is 5.41 Å². The molecular weight excluding hydrogens is 384 g/mol. The Bertz CT molecular complexity index is 1130. The number of aromatic nitrogens is 3. The number of nitrogens with zero attached hydrogens (tertiary/aromatic N) is 3. The van der Waals surface area contributed by atoms with Crippen LogP contribution in [0.4, 0.5) is 5.82 Å². The fourth-order valence-electron chi connectivity index (χ4n) is 4.88. The van der Waals surface area contributed by atoms with Crippen LogP contribution in [-0.2, 0) is 11.3 Å². The zero-order valence-electron chi connectivity index (χ0n) is 17.3. The highest BCUT2D eigenvalue weighted by Crippen LogP contribution is 2.58. The van der Waals surface area contributed by atoms with Crippen molar-refractivity contribution >= 4 is 22.6 Å². The maximum absolute atomic E-state index is 12.9. The molecule has 30 heavy (non-hydrogen) atoms. The van der Waals surface area contributed by atoms with Crippen LogP contribution >= 0.6 is 0 Å². The zero-order chi connectivity index (χ0) is 20.9. The lowest BCUT2D eigenvalue weighted by molar-refractivity contribution is -0.00122. The average Bonchev–Trinajstić information content (AvgIpc) is 3.36. The first-order valence-corrected chi connectivity index (χ1v) is 9.93. The Morgan fingerprint density at radius 1 is 1.27 bits per heavy atom. The molecule has 3 fully saturated rings. The lowest BCUT2D eigenvalue weighted by Gasteiger charge is -2.42. The molecule has 1 amide bonds. The van der Waals surface area contributed by atoms with E-state index in [9.17, 15) is 4.79 Å². The first kappa shape index (κ1) is 18.9. The number of anilines is 1. The van der Waals surface area contributed by atoms with Crippen LogP contribution < -0.4 is 14.8 Å². The molecular formula is C22H24N4O4. The van der Waals surface area contributed by atoms with Gasteiger partial charge in [0.25, 0.3) is 5.91 Å². The van der Waals surface area contributed by atoms with Crippen molar-refractivity contribution in [3.63, 3.8) is 0 Å². The molecule has 1 saturated carbocycles. The van der Waals surface area contributed by atoms with E-state index >= 15 is 0 Å². The maximum atomic E-state index is 12.9. The summed E-state index contributed by atoms with van der Waals surface area (Å²) in [6.07, 6.45) is 4.12. The van der Waals surface area contributed by atoms with Gasteiger partial charge >= 0.3 is 0 Å². The Labute approximate surface area is 174 Å². The van der Waals surface area contributed by atoms with E-state index in [1.54, 1.807) is 37.4 Å². The van der Waals surface area contributed by atoms with Crippen molar-refractivity contribution in [3.8, 4) is 11.6 Å². The Kier molecular flexibility index (Phi) is 4.21. The third-order valence-electron chi connectivity index (χ3n) is 6.01. The molecule has 0 unspecified atom stereocenters. The summed E-state index contributed by atoms with van der Waals surface area (Å²) in [6, 6.07) is 8.80. The fourth-order valence-corrected chi connectivity index (χ4v) is 4.88. The Hall–Kier alpha value is -3.13. The monoisotopic (exact) mass is 408 g/mol. The molecule has 0 atom stereocenters. The first-order chi connectivity index (χ1) is 14.4. The smallest absolute Gasteiger partial charge is 0.260 e. The number of rotatable bonds is 6. The van der Waals surface area contributed by atoms with Crippen LogP contribution in [0.5, 0.6) is 11.6 Å². The molecule has 1 aliphatic carbocycles. The van der Waals surface area contributed by atoms with E-state index < -0.39 is 0 Å². The molecule has 156 valence electrons. The van der Waals surface area contributed by atoms with Gasteiger partial charge in [-0.1, -0.05) is 6.07 Å². The van der Waals surface area contributed by atoms with Crippen molar-refractivity contribution in [2.24, 2.45) is 5.41 Å². The molecule has 2 saturated heterocycles. The largest absolute Gasteiger partial charge is 0.496 e. The minimum Gasteiger partial charge on any atom is -0.496 e. The van der Waals surface area contributed by atoms with Gasteiger partial charge in [0.05, 0.1) is 37.5 Å². The van der Waals surface area contributed by atoms with E-state index in [0.29, 0.717) is 23.0 Å². The van der Waals surface area contributed by atoms with Crippen LogP contribution in [0.15, 0.2) is 36.5 Å². The van der Waals surface area contributed by atoms with E-state index in [0.717, 1.165) is 36.9 Å². The third-order valence-corrected chi connectivity index (χ3v) is 6.01. The molecule has 8 heteroatoms. The Balaban J connectivity index is 1.41. The predicted octanol–water partition coefficient (Wildman–Crippen LogP) is 3.27. The van der Waals surface area contributed by atoms with Crippen molar-refractivity contribution in [2.75, 3.05) is 26.1 Å². The van der Waals surface area contributed by atoms with Gasteiger partial charge in [-0.25, -0.2) is 0 Å². The predicted molar refractivity (Wildman–Crippen MR) is 111 cm³/mol. The maximum Gasteiger partial charge on any atom is 0.260 e. The van der Waals surface area contributed by atoms with Crippen molar-refractivity contribution in [2.45, 2.75) is 31.9 Å². The summed E-state index contributed by atoms with van der Waals surface area (Å²) in [6.45, 7) is 3.77. The second-order valence-corrected chi connectivity index (χ2v) is 8.55. The van der Waals surface area contributed by atoms with Gasteiger partial charge in [-0.2, -0.15) is 10.1 Å². The number of fused-ring (bicyclic) bond motifs is 2. The van der Waals surface area contributed by atoms with Gasteiger partial charge in [0.15, 0.2) is 0 Å². The standard InChI is InChI=1S/C22H24N4O4/c1-21-10-22(11-21,13-30-21)12-26-9-14-7-15(17(28-2)8-16(14)25-26)20(27)24-18-5-4-6-19(23-18)29-3/h4-9H,10-13H2,1-3H3,(H,23,24,27). The molecule has 4 heterocycles. The SMILES string of the molecule is COc1cccc(NC(=O)c2cc3cn(CC45COC(C)(C4)C5)nc3cc2OC)n1. The molecule has 3 aromatic rings. The molecule has 2 aliphatic heterocycles. The van der Waals surface area contributed by atoms with Crippen LogP contribution in [0.1, 0.15) is 30.1 Å². The van der Waals surface area contributed by atoms with E-state index in [-0.39, 0.29) is 16.9 Å². The number of pyridine rings is 1. The van der Waals surface area contributed by atoms with Gasteiger partial charge in [-0.3, -0.25) is 9.48 Å². The molecule has 1 N–H and O–H groups in total. The van der Waals surface area contributed by atoms with Gasteiger partial charge in [-0.05, 0) is 31.9 Å². The normalized spacial score (nSPS) is 24.5. The second kappa shape index (κ2) is 6.70. The summed E-state index contributed by atoms with van der Waals surface area (Å²) < 4.78 is 18.4. The summed E-state index contributed by atoms with van der Waals surface area (Å²) in [4.78, 5) is 17.1. The highest BCUT2D eigenvalue weighted by molar-refractivity contribution is 6.08.